The molecule has 0 aliphatic rings. The van der Waals surface area contributed by atoms with Crippen LogP contribution in [0.25, 0.3) is 67.8 Å². The number of aromatic nitrogens is 1. The number of para-hydroxylation sites is 2. The highest BCUT2D eigenvalue weighted by Gasteiger charge is 2.44. The monoisotopic (exact) mass is 971 g/mol. The van der Waals surface area contributed by atoms with Gasteiger partial charge in [-0.2, -0.15) is 0 Å². The van der Waals surface area contributed by atoms with E-state index < -0.39 is 16.1 Å². The van der Waals surface area contributed by atoms with Crippen molar-refractivity contribution in [1.29, 1.82) is 0 Å². The van der Waals surface area contributed by atoms with Crippen molar-refractivity contribution >= 4 is 142 Å². The molecule has 0 fully saturated rings. The highest BCUT2D eigenvalue weighted by molar-refractivity contribution is 7.31. The molecule has 5 heteroatoms. The first-order valence-corrected chi connectivity index (χ1v) is 30.0. The van der Waals surface area contributed by atoms with Gasteiger partial charge in [0.15, 0.2) is 16.1 Å². The quantitative estimate of drug-likeness (QED) is 0.100. The molecule has 71 heavy (non-hydrogen) atoms. The van der Waals surface area contributed by atoms with Crippen molar-refractivity contribution in [1.82, 2.24) is 4.57 Å². The van der Waals surface area contributed by atoms with E-state index in [0.717, 1.165) is 0 Å². The van der Waals surface area contributed by atoms with Crippen LogP contribution in [0, 0.1) is 0 Å². The Kier molecular flexibility index (Phi) is 10.0. The maximum absolute atomic E-state index is 3.01. The van der Waals surface area contributed by atoms with Crippen molar-refractivity contribution in [3.05, 3.63) is 273 Å². The fraction of sp³-hybridized carbons (Fsp3) is 0. The van der Waals surface area contributed by atoms with Crippen LogP contribution in [0.3, 0.4) is 0 Å². The lowest BCUT2D eigenvalue weighted by Crippen LogP contribution is -2.74. The second-order valence-electron chi connectivity index (χ2n) is 18.7. The van der Waals surface area contributed by atoms with Crippen LogP contribution in [0.5, 0.6) is 0 Å². The molecule has 0 atom stereocenters. The molecule has 0 bridgehead atoms. The Balaban J connectivity index is 1.05. The number of fused-ring (bicyclic) bond motifs is 9. The predicted molar refractivity (Wildman–Crippen MR) is 314 cm³/mol. The number of nitrogens with zero attached hydrogens (tertiary/aromatic N) is 1. The van der Waals surface area contributed by atoms with Gasteiger partial charge in [-0.05, 0) is 84.0 Å². The molecule has 14 aromatic rings. The summed E-state index contributed by atoms with van der Waals surface area (Å²) in [5.74, 6) is 0. The molecule has 0 aliphatic heterocycles. The highest BCUT2D eigenvalue weighted by atomic mass is 32.1. The topological polar surface area (TPSA) is 4.93 Å². The van der Waals surface area contributed by atoms with E-state index in [0.29, 0.717) is 0 Å². The molecule has 334 valence electrons. The van der Waals surface area contributed by atoms with E-state index >= 15 is 0 Å². The number of thiophene rings is 2. The second kappa shape index (κ2) is 16.9. The summed E-state index contributed by atoms with van der Waals surface area (Å²) in [4.78, 5) is 0. The molecule has 14 rings (SSSR count). The zero-order valence-electron chi connectivity index (χ0n) is 38.7. The zero-order chi connectivity index (χ0) is 46.9. The molecule has 0 saturated carbocycles. The largest absolute Gasteiger partial charge is 0.309 e. The van der Waals surface area contributed by atoms with Gasteiger partial charge in [0.05, 0.1) is 11.0 Å². The van der Waals surface area contributed by atoms with Crippen LogP contribution in [0.2, 0.25) is 0 Å². The minimum atomic E-state index is -3.01. The molecular weight excluding hydrogens is 927 g/mol. The smallest absolute Gasteiger partial charge is 0.181 e. The Morgan fingerprint density at radius 3 is 1.23 bits per heavy atom. The number of hydrogen-bond acceptors (Lipinski definition) is 2. The van der Waals surface area contributed by atoms with Crippen LogP contribution in [-0.2, 0) is 0 Å². The summed E-state index contributed by atoms with van der Waals surface area (Å²) in [5.41, 5.74) is 3.61. The van der Waals surface area contributed by atoms with E-state index in [1.54, 1.807) is 0 Å². The second-order valence-corrected chi connectivity index (χ2v) is 28.4. The lowest BCUT2D eigenvalue weighted by Gasteiger charge is -2.35. The van der Waals surface area contributed by atoms with E-state index in [1.165, 1.54) is 109 Å². The third-order valence-electron chi connectivity index (χ3n) is 15.1. The molecule has 11 aromatic carbocycles. The molecule has 0 N–H and O–H groups in total. The molecule has 0 radical (unpaired) electrons. The average Bonchev–Trinajstić information content (AvgIpc) is 4.12. The summed E-state index contributed by atoms with van der Waals surface area (Å²) in [5, 5.41) is 18.9. The normalized spacial score (nSPS) is 12.2. The van der Waals surface area contributed by atoms with Crippen LogP contribution in [0.1, 0.15) is 0 Å². The molecule has 0 amide bonds. The lowest BCUT2D eigenvalue weighted by molar-refractivity contribution is 1.18. The van der Waals surface area contributed by atoms with Gasteiger partial charge in [-0.15, -0.1) is 22.7 Å². The number of hydrogen-bond donors (Lipinski definition) is 0. The molecule has 0 aliphatic carbocycles. The first-order valence-electron chi connectivity index (χ1n) is 24.4. The first kappa shape index (κ1) is 42.0. The van der Waals surface area contributed by atoms with Crippen molar-refractivity contribution in [2.45, 2.75) is 0 Å². The summed E-state index contributed by atoms with van der Waals surface area (Å²) < 4.78 is 7.80. The van der Waals surface area contributed by atoms with Gasteiger partial charge >= 0.3 is 0 Å². The highest BCUT2D eigenvalue weighted by Crippen LogP contribution is 2.37. The van der Waals surface area contributed by atoms with Crippen LogP contribution < -0.4 is 41.5 Å². The molecular formula is C66H45NS2Si2. The van der Waals surface area contributed by atoms with E-state index in [2.05, 4.69) is 278 Å². The van der Waals surface area contributed by atoms with Gasteiger partial charge < -0.3 is 4.57 Å². The fourth-order valence-electron chi connectivity index (χ4n) is 12.1. The van der Waals surface area contributed by atoms with Gasteiger partial charge in [-0.1, -0.05) is 231 Å². The predicted octanol–water partition coefficient (Wildman–Crippen LogP) is 12.3. The van der Waals surface area contributed by atoms with E-state index in [9.17, 15) is 0 Å². The maximum Gasteiger partial charge on any atom is 0.181 e. The molecule has 1 nitrogen and oxygen atoms in total. The van der Waals surface area contributed by atoms with Crippen molar-refractivity contribution in [3.63, 3.8) is 0 Å². The first-order chi connectivity index (χ1) is 35.2. The number of rotatable bonds is 9. The minimum absolute atomic E-state index is 1.17. The number of benzene rings is 11. The Hall–Kier alpha value is -7.91. The Bertz CT molecular complexity index is 4160. The van der Waals surface area contributed by atoms with E-state index in [1.807, 2.05) is 22.7 Å². The molecule has 0 saturated heterocycles. The van der Waals surface area contributed by atoms with Crippen molar-refractivity contribution in [2.75, 3.05) is 0 Å². The van der Waals surface area contributed by atoms with Crippen molar-refractivity contribution in [2.24, 2.45) is 0 Å². The van der Waals surface area contributed by atoms with E-state index in [-0.39, 0.29) is 0 Å². The summed E-state index contributed by atoms with van der Waals surface area (Å²) >= 11 is 3.86. The van der Waals surface area contributed by atoms with E-state index in [4.69, 9.17) is 0 Å². The summed E-state index contributed by atoms with van der Waals surface area (Å²) in [6.07, 6.45) is 0. The van der Waals surface area contributed by atoms with Crippen molar-refractivity contribution < 1.29 is 0 Å². The summed E-state index contributed by atoms with van der Waals surface area (Å²) in [7, 11) is -5.97. The van der Waals surface area contributed by atoms with Crippen LogP contribution in [0.4, 0.5) is 0 Å². The van der Waals surface area contributed by atoms with Crippen LogP contribution in [0.15, 0.2) is 273 Å². The average molecular weight is 972 g/mol. The van der Waals surface area contributed by atoms with Crippen LogP contribution >= 0.6 is 22.7 Å². The van der Waals surface area contributed by atoms with Gasteiger partial charge in [0.2, 0.25) is 0 Å². The Labute approximate surface area is 422 Å². The van der Waals surface area contributed by atoms with Crippen molar-refractivity contribution in [3.8, 4) is 5.69 Å². The SMILES string of the molecule is c1ccc([Si](c2ccccc2)(c2cccc(-n3c4ccccc4c4ccccc43)c2)c2ccc3sc4ccc([Si](c5ccccc5)(c5ccccc5)c5cccc6c5sc5ccccc56)cc4c3c2)cc1. The summed E-state index contributed by atoms with van der Waals surface area (Å²) in [6, 6.07) is 104. The van der Waals surface area contributed by atoms with Gasteiger partial charge in [-0.3, -0.25) is 0 Å². The fourth-order valence-corrected chi connectivity index (χ4v) is 24.5. The minimum Gasteiger partial charge on any atom is -0.309 e. The third-order valence-corrected chi connectivity index (χ3v) is 27.2. The Morgan fingerprint density at radius 2 is 0.662 bits per heavy atom. The van der Waals surface area contributed by atoms with Crippen LogP contribution in [-0.4, -0.2) is 20.7 Å². The standard InChI is InChI=1S/C66H45NS2Si2/c1-5-22-47(23-6-1)70(48-24-7-2-8-25-48,51-30-19-21-46(43-51)67-60-35-16-13-31-54(60)55-32-14-17-36-61(55)67)52-39-41-63-58(44-52)59-45-53(40-42-64(59)68-63)71(49-26-9-3-10-27-49,50-28-11-4-12-29-50)65-38-20-34-57-56-33-15-18-37-62(56)69-66(57)65/h1-45H. The summed E-state index contributed by atoms with van der Waals surface area (Å²) in [6.45, 7) is 0. The Morgan fingerprint density at radius 1 is 0.254 bits per heavy atom. The van der Waals surface area contributed by atoms with Gasteiger partial charge in [0.25, 0.3) is 0 Å². The van der Waals surface area contributed by atoms with Gasteiger partial charge in [0.1, 0.15) is 0 Å². The van der Waals surface area contributed by atoms with Gasteiger partial charge in [-0.25, -0.2) is 0 Å². The zero-order valence-corrected chi connectivity index (χ0v) is 42.4. The maximum atomic E-state index is 2.60. The molecule has 0 unspecified atom stereocenters. The lowest BCUT2D eigenvalue weighted by atomic mass is 10.1. The molecule has 3 heterocycles. The third kappa shape index (κ3) is 6.41. The molecule has 0 spiro atoms. The van der Waals surface area contributed by atoms with Gasteiger partial charge in [0, 0.05) is 56.8 Å². The molecule has 3 aromatic heterocycles.